The van der Waals surface area contributed by atoms with Crippen LogP contribution in [0.5, 0.6) is 11.5 Å². The predicted molar refractivity (Wildman–Crippen MR) is 122 cm³/mol. The average Bonchev–Trinajstić information content (AvgIpc) is 3.23. The van der Waals surface area contributed by atoms with Gasteiger partial charge in [-0.25, -0.2) is 9.98 Å². The lowest BCUT2D eigenvalue weighted by atomic mass is 10.1. The smallest absolute Gasteiger partial charge is 0.269 e. The molecule has 0 aliphatic rings. The van der Waals surface area contributed by atoms with Gasteiger partial charge in [0.25, 0.3) is 5.69 Å². The summed E-state index contributed by atoms with van der Waals surface area (Å²) in [4.78, 5) is 20.6. The zero-order chi connectivity index (χ0) is 21.8. The predicted octanol–water partition coefficient (Wildman–Crippen LogP) is 5.85. The summed E-state index contributed by atoms with van der Waals surface area (Å²) in [5.41, 5.74) is 3.31. The van der Waals surface area contributed by atoms with Gasteiger partial charge < -0.3 is 9.84 Å². The summed E-state index contributed by atoms with van der Waals surface area (Å²) in [7, 11) is 1.49. The van der Waals surface area contributed by atoms with Crippen LogP contribution in [-0.2, 0) is 0 Å². The monoisotopic (exact) mass is 431 g/mol. The van der Waals surface area contributed by atoms with Crippen LogP contribution in [0.1, 0.15) is 5.56 Å². The molecule has 0 spiro atoms. The van der Waals surface area contributed by atoms with Crippen molar-refractivity contribution in [2.24, 2.45) is 4.99 Å². The molecule has 4 rings (SSSR count). The highest BCUT2D eigenvalue weighted by molar-refractivity contribution is 7.19. The van der Waals surface area contributed by atoms with Crippen molar-refractivity contribution in [3.8, 4) is 33.2 Å². The molecule has 1 aromatic heterocycles. The van der Waals surface area contributed by atoms with E-state index < -0.39 is 4.92 Å². The third-order valence-electron chi connectivity index (χ3n) is 4.53. The van der Waals surface area contributed by atoms with Crippen LogP contribution >= 0.6 is 11.3 Å². The summed E-state index contributed by atoms with van der Waals surface area (Å²) in [5, 5.41) is 21.3. The van der Waals surface area contributed by atoms with E-state index >= 15 is 0 Å². The maximum absolute atomic E-state index is 11.0. The van der Waals surface area contributed by atoms with Gasteiger partial charge in [0.1, 0.15) is 0 Å². The quantitative estimate of drug-likeness (QED) is 0.235. The maximum Gasteiger partial charge on any atom is 0.269 e. The zero-order valence-corrected chi connectivity index (χ0v) is 17.2. The summed E-state index contributed by atoms with van der Waals surface area (Å²) in [6.07, 6.45) is 1.65. The van der Waals surface area contributed by atoms with E-state index in [1.807, 2.05) is 30.3 Å². The third-order valence-corrected chi connectivity index (χ3v) is 5.54. The van der Waals surface area contributed by atoms with Crippen LogP contribution in [-0.4, -0.2) is 28.3 Å². The summed E-state index contributed by atoms with van der Waals surface area (Å²) < 4.78 is 5.13. The number of rotatable bonds is 6. The lowest BCUT2D eigenvalue weighted by Gasteiger charge is -2.02. The minimum atomic E-state index is -0.420. The van der Waals surface area contributed by atoms with E-state index in [0.29, 0.717) is 10.9 Å². The number of hydrogen-bond acceptors (Lipinski definition) is 7. The number of nitrogens with zero attached hydrogens (tertiary/aromatic N) is 3. The SMILES string of the molecule is COc1cc(C=Nc2nc(-c3ccccc3)c(-c3ccc([N+](=O)[O-])cc3)s2)ccc1O. The first-order chi connectivity index (χ1) is 15.0. The molecule has 1 N–H and O–H groups in total. The Labute approximate surface area is 182 Å². The Kier molecular flexibility index (Phi) is 5.72. The average molecular weight is 431 g/mol. The van der Waals surface area contributed by atoms with Gasteiger partial charge in [-0.05, 0) is 41.5 Å². The van der Waals surface area contributed by atoms with E-state index in [1.165, 1.54) is 30.6 Å². The number of phenolic OH excluding ortho intramolecular Hbond substituents is 1. The van der Waals surface area contributed by atoms with Crippen molar-refractivity contribution in [3.63, 3.8) is 0 Å². The number of methoxy groups -OCH3 is 1. The van der Waals surface area contributed by atoms with Gasteiger partial charge in [-0.15, -0.1) is 0 Å². The Hall–Kier alpha value is -4.04. The van der Waals surface area contributed by atoms with Gasteiger partial charge in [0.2, 0.25) is 5.13 Å². The van der Waals surface area contributed by atoms with E-state index in [-0.39, 0.29) is 11.4 Å². The molecule has 7 nitrogen and oxygen atoms in total. The zero-order valence-electron chi connectivity index (χ0n) is 16.4. The van der Waals surface area contributed by atoms with Crippen LogP contribution in [0.3, 0.4) is 0 Å². The van der Waals surface area contributed by atoms with Gasteiger partial charge in [0, 0.05) is 23.9 Å². The van der Waals surface area contributed by atoms with Crippen LogP contribution < -0.4 is 4.74 Å². The molecule has 3 aromatic carbocycles. The fraction of sp³-hybridized carbons (Fsp3) is 0.0435. The van der Waals surface area contributed by atoms with Crippen molar-refractivity contribution in [1.29, 1.82) is 0 Å². The molecule has 0 fully saturated rings. The first-order valence-corrected chi connectivity index (χ1v) is 10.1. The largest absolute Gasteiger partial charge is 0.504 e. The fourth-order valence-corrected chi connectivity index (χ4v) is 3.93. The number of ether oxygens (including phenoxy) is 1. The summed E-state index contributed by atoms with van der Waals surface area (Å²) in [6.45, 7) is 0. The molecule has 154 valence electrons. The molecule has 0 bridgehead atoms. The minimum Gasteiger partial charge on any atom is -0.504 e. The number of aliphatic imine (C=N–C) groups is 1. The second-order valence-electron chi connectivity index (χ2n) is 6.53. The van der Waals surface area contributed by atoms with E-state index in [2.05, 4.69) is 4.99 Å². The fourth-order valence-electron chi connectivity index (χ4n) is 2.99. The molecule has 8 heteroatoms. The number of hydrogen-bond donors (Lipinski definition) is 1. The highest BCUT2D eigenvalue weighted by Crippen LogP contribution is 2.40. The molecule has 0 unspecified atom stereocenters. The summed E-state index contributed by atoms with van der Waals surface area (Å²) >= 11 is 1.39. The Balaban J connectivity index is 1.74. The highest BCUT2D eigenvalue weighted by atomic mass is 32.1. The Morgan fingerprint density at radius 1 is 1.06 bits per heavy atom. The number of aromatic hydroxyl groups is 1. The molecule has 0 radical (unpaired) electrons. The Morgan fingerprint density at radius 2 is 1.81 bits per heavy atom. The number of non-ortho nitro benzene ring substituents is 1. The van der Waals surface area contributed by atoms with Crippen molar-refractivity contribution in [3.05, 3.63) is 88.5 Å². The first-order valence-electron chi connectivity index (χ1n) is 9.27. The molecule has 0 atom stereocenters. The molecule has 4 aromatic rings. The first kappa shape index (κ1) is 20.2. The minimum absolute atomic E-state index is 0.0362. The van der Waals surface area contributed by atoms with Gasteiger partial charge >= 0.3 is 0 Å². The van der Waals surface area contributed by atoms with Crippen molar-refractivity contribution in [2.45, 2.75) is 0 Å². The Morgan fingerprint density at radius 3 is 2.48 bits per heavy atom. The molecular weight excluding hydrogens is 414 g/mol. The van der Waals surface area contributed by atoms with Crippen LogP contribution in [0.25, 0.3) is 21.7 Å². The second kappa shape index (κ2) is 8.76. The molecule has 0 aliphatic carbocycles. The topological polar surface area (TPSA) is 97.9 Å². The standard InChI is InChI=1S/C23H17N3O4S/c1-30-20-13-15(7-12-19(20)27)14-24-23-25-21(16-5-3-2-4-6-16)22(31-23)17-8-10-18(11-9-17)26(28)29/h2-14,27H,1H3. The molecule has 0 saturated heterocycles. The Bertz CT molecular complexity index is 1250. The van der Waals surface area contributed by atoms with E-state index in [9.17, 15) is 15.2 Å². The van der Waals surface area contributed by atoms with Crippen LogP contribution in [0, 0.1) is 10.1 Å². The van der Waals surface area contributed by atoms with Crippen molar-refractivity contribution in [1.82, 2.24) is 4.98 Å². The lowest BCUT2D eigenvalue weighted by molar-refractivity contribution is -0.384. The van der Waals surface area contributed by atoms with E-state index in [0.717, 1.165) is 27.3 Å². The molecule has 0 aliphatic heterocycles. The number of nitro groups is 1. The third kappa shape index (κ3) is 4.44. The number of aromatic nitrogens is 1. The number of thiazole rings is 1. The summed E-state index contributed by atoms with van der Waals surface area (Å²) in [5.74, 6) is 0.417. The van der Waals surface area contributed by atoms with Gasteiger partial charge in [0.15, 0.2) is 11.5 Å². The maximum atomic E-state index is 11.0. The molecular formula is C23H17N3O4S. The lowest BCUT2D eigenvalue weighted by Crippen LogP contribution is -1.87. The van der Waals surface area contributed by atoms with Gasteiger partial charge in [-0.3, -0.25) is 10.1 Å². The van der Waals surface area contributed by atoms with Gasteiger partial charge in [0.05, 0.1) is 22.6 Å². The van der Waals surface area contributed by atoms with Crippen LogP contribution in [0.15, 0.2) is 77.8 Å². The van der Waals surface area contributed by atoms with Crippen molar-refractivity contribution >= 4 is 28.4 Å². The normalized spacial score (nSPS) is 11.0. The molecule has 1 heterocycles. The number of benzene rings is 3. The van der Waals surface area contributed by atoms with E-state index in [4.69, 9.17) is 9.72 Å². The van der Waals surface area contributed by atoms with Gasteiger partial charge in [-0.1, -0.05) is 41.7 Å². The van der Waals surface area contributed by atoms with Crippen LogP contribution in [0.2, 0.25) is 0 Å². The second-order valence-corrected chi connectivity index (χ2v) is 7.51. The molecule has 0 saturated carbocycles. The number of nitro benzene ring substituents is 1. The van der Waals surface area contributed by atoms with Crippen molar-refractivity contribution < 1.29 is 14.8 Å². The summed E-state index contributed by atoms with van der Waals surface area (Å²) in [6, 6.07) is 21.1. The molecule has 0 amide bonds. The van der Waals surface area contributed by atoms with Gasteiger partial charge in [-0.2, -0.15) is 0 Å². The van der Waals surface area contributed by atoms with E-state index in [1.54, 1.807) is 36.5 Å². The van der Waals surface area contributed by atoms with Crippen LogP contribution in [0.4, 0.5) is 10.8 Å². The van der Waals surface area contributed by atoms with Crippen molar-refractivity contribution in [2.75, 3.05) is 7.11 Å². The highest BCUT2D eigenvalue weighted by Gasteiger charge is 2.16. The number of phenols is 1. The molecule has 31 heavy (non-hydrogen) atoms.